The molecule has 0 fully saturated rings. The van der Waals surface area contributed by atoms with Crippen molar-refractivity contribution in [3.63, 3.8) is 0 Å². The highest BCUT2D eigenvalue weighted by molar-refractivity contribution is 5.98. The lowest BCUT2D eigenvalue weighted by molar-refractivity contribution is 0.101. The van der Waals surface area contributed by atoms with Gasteiger partial charge in [0.15, 0.2) is 5.78 Å². The molecule has 0 atom stereocenters. The second kappa shape index (κ2) is 10.6. The van der Waals surface area contributed by atoms with Crippen molar-refractivity contribution in [3.05, 3.63) is 94.4 Å². The van der Waals surface area contributed by atoms with Gasteiger partial charge < -0.3 is 4.74 Å². The number of aromatic amines is 1. The number of carbonyl (C=O) groups excluding carboxylic acids is 1. The van der Waals surface area contributed by atoms with E-state index in [-0.39, 0.29) is 11.5 Å². The summed E-state index contributed by atoms with van der Waals surface area (Å²) in [4.78, 5) is 30.3. The van der Waals surface area contributed by atoms with Gasteiger partial charge in [-0.25, -0.2) is 4.79 Å². The van der Waals surface area contributed by atoms with Gasteiger partial charge in [0.1, 0.15) is 11.4 Å². The molecule has 0 aliphatic heterocycles. The van der Waals surface area contributed by atoms with Crippen LogP contribution in [0.4, 0.5) is 0 Å². The molecular formula is C28H27N7O3. The number of ether oxygens (including phenoxy) is 1. The van der Waals surface area contributed by atoms with Crippen LogP contribution in [-0.2, 0) is 13.0 Å². The quantitative estimate of drug-likeness (QED) is 0.297. The van der Waals surface area contributed by atoms with E-state index in [0.717, 1.165) is 34.4 Å². The SMILES string of the molecule is CCCc1cn(-c2c(OC)cccc2C(C)=O)c(=O)n1Cc1ccc(-c2cnccc2-c2nn[nH]n2)cc1. The normalized spacial score (nSPS) is 11.0. The summed E-state index contributed by atoms with van der Waals surface area (Å²) < 4.78 is 8.81. The highest BCUT2D eigenvalue weighted by Crippen LogP contribution is 2.30. The van der Waals surface area contributed by atoms with Gasteiger partial charge in [0.05, 0.1) is 13.7 Å². The van der Waals surface area contributed by atoms with Gasteiger partial charge in [-0.1, -0.05) is 43.7 Å². The molecule has 0 saturated carbocycles. The summed E-state index contributed by atoms with van der Waals surface area (Å²) in [5.41, 5.74) is 5.16. The molecule has 0 saturated heterocycles. The monoisotopic (exact) mass is 509 g/mol. The third kappa shape index (κ3) is 4.63. The number of aromatic nitrogens is 7. The van der Waals surface area contributed by atoms with Gasteiger partial charge in [-0.3, -0.25) is 18.9 Å². The number of benzene rings is 2. The number of pyridine rings is 1. The molecule has 0 bridgehead atoms. The molecule has 38 heavy (non-hydrogen) atoms. The molecule has 0 radical (unpaired) electrons. The third-order valence-corrected chi connectivity index (χ3v) is 6.42. The maximum absolute atomic E-state index is 13.7. The topological polar surface area (TPSA) is 121 Å². The van der Waals surface area contributed by atoms with Crippen molar-refractivity contribution >= 4 is 5.78 Å². The Hall–Kier alpha value is -4.86. The molecule has 5 rings (SSSR count). The molecule has 1 N–H and O–H groups in total. The number of hydrogen-bond donors (Lipinski definition) is 1. The van der Waals surface area contributed by atoms with Gasteiger partial charge >= 0.3 is 5.69 Å². The molecule has 5 aromatic rings. The Balaban J connectivity index is 1.52. The Bertz CT molecular complexity index is 1630. The van der Waals surface area contributed by atoms with Gasteiger partial charge in [-0.2, -0.15) is 5.21 Å². The third-order valence-electron chi connectivity index (χ3n) is 6.42. The molecule has 3 heterocycles. The van der Waals surface area contributed by atoms with Gasteiger partial charge in [-0.05, 0) is 47.9 Å². The molecular weight excluding hydrogens is 482 g/mol. The summed E-state index contributed by atoms with van der Waals surface area (Å²) in [7, 11) is 1.53. The van der Waals surface area contributed by atoms with Crippen LogP contribution in [0.15, 0.2) is 71.9 Å². The predicted molar refractivity (Wildman–Crippen MR) is 143 cm³/mol. The van der Waals surface area contributed by atoms with Crippen LogP contribution in [0.5, 0.6) is 5.75 Å². The highest BCUT2D eigenvalue weighted by Gasteiger charge is 2.20. The van der Waals surface area contributed by atoms with E-state index in [4.69, 9.17) is 4.74 Å². The van der Waals surface area contributed by atoms with Crippen LogP contribution in [0, 0.1) is 0 Å². The molecule has 0 spiro atoms. The summed E-state index contributed by atoms with van der Waals surface area (Å²) in [6.45, 7) is 3.94. The van der Waals surface area contributed by atoms with Crippen LogP contribution in [0.2, 0.25) is 0 Å². The zero-order valence-corrected chi connectivity index (χ0v) is 21.4. The van der Waals surface area contributed by atoms with Crippen molar-refractivity contribution in [1.29, 1.82) is 0 Å². The Morgan fingerprint density at radius 1 is 1.08 bits per heavy atom. The number of carbonyl (C=O) groups is 1. The fourth-order valence-electron chi connectivity index (χ4n) is 4.60. The maximum atomic E-state index is 13.7. The summed E-state index contributed by atoms with van der Waals surface area (Å²) >= 11 is 0. The zero-order chi connectivity index (χ0) is 26.6. The average Bonchev–Trinajstić information content (AvgIpc) is 3.58. The van der Waals surface area contributed by atoms with E-state index >= 15 is 0 Å². The van der Waals surface area contributed by atoms with E-state index in [1.54, 1.807) is 35.2 Å². The average molecular weight is 510 g/mol. The number of rotatable bonds is 9. The number of nitrogens with zero attached hydrogens (tertiary/aromatic N) is 6. The second-order valence-electron chi connectivity index (χ2n) is 8.88. The molecule has 3 aromatic heterocycles. The van der Waals surface area contributed by atoms with Gasteiger partial charge in [-0.15, -0.1) is 10.2 Å². The smallest absolute Gasteiger partial charge is 0.333 e. The van der Waals surface area contributed by atoms with E-state index in [2.05, 4.69) is 32.5 Å². The Morgan fingerprint density at radius 2 is 1.89 bits per heavy atom. The van der Waals surface area contributed by atoms with Crippen molar-refractivity contribution in [2.45, 2.75) is 33.2 Å². The molecule has 192 valence electrons. The van der Waals surface area contributed by atoms with Gasteiger partial charge in [0.25, 0.3) is 0 Å². The summed E-state index contributed by atoms with van der Waals surface area (Å²) in [6, 6.07) is 15.0. The van der Waals surface area contributed by atoms with E-state index in [0.29, 0.717) is 35.8 Å². The first-order valence-corrected chi connectivity index (χ1v) is 12.3. The number of methoxy groups -OCH3 is 1. The highest BCUT2D eigenvalue weighted by atomic mass is 16.5. The number of para-hydroxylation sites is 1. The first-order chi connectivity index (χ1) is 18.5. The first-order valence-electron chi connectivity index (χ1n) is 12.3. The minimum Gasteiger partial charge on any atom is -0.495 e. The van der Waals surface area contributed by atoms with Crippen LogP contribution < -0.4 is 10.4 Å². The molecule has 10 nitrogen and oxygen atoms in total. The minimum atomic E-state index is -0.226. The fourth-order valence-corrected chi connectivity index (χ4v) is 4.60. The Labute approximate surface area is 218 Å². The summed E-state index contributed by atoms with van der Waals surface area (Å²) in [6.07, 6.45) is 6.86. The molecule has 10 heteroatoms. The molecule has 0 amide bonds. The Kier molecular flexibility index (Phi) is 6.94. The lowest BCUT2D eigenvalue weighted by atomic mass is 10.0. The van der Waals surface area contributed by atoms with Crippen LogP contribution in [0.25, 0.3) is 28.2 Å². The van der Waals surface area contributed by atoms with Crippen molar-refractivity contribution in [1.82, 2.24) is 34.7 Å². The van der Waals surface area contributed by atoms with Crippen molar-refractivity contribution in [2.24, 2.45) is 0 Å². The number of nitrogens with one attached hydrogen (secondary N) is 1. The van der Waals surface area contributed by atoms with Gasteiger partial charge in [0, 0.05) is 41.0 Å². The first kappa shape index (κ1) is 24.8. The van der Waals surface area contributed by atoms with Gasteiger partial charge in [0.2, 0.25) is 5.82 Å². The van der Waals surface area contributed by atoms with Crippen LogP contribution in [0.1, 0.15) is 41.9 Å². The molecule has 0 aliphatic rings. The molecule has 0 unspecified atom stereocenters. The maximum Gasteiger partial charge on any atom is 0.333 e. The molecule has 0 aliphatic carbocycles. The largest absolute Gasteiger partial charge is 0.495 e. The van der Waals surface area contributed by atoms with Crippen molar-refractivity contribution in [2.75, 3.05) is 7.11 Å². The second-order valence-corrected chi connectivity index (χ2v) is 8.88. The number of hydrogen-bond acceptors (Lipinski definition) is 7. The minimum absolute atomic E-state index is 0.137. The number of H-pyrrole nitrogens is 1. The van der Waals surface area contributed by atoms with Crippen LogP contribution in [-0.4, -0.2) is 47.6 Å². The van der Waals surface area contributed by atoms with Crippen molar-refractivity contribution < 1.29 is 9.53 Å². The zero-order valence-electron chi connectivity index (χ0n) is 21.4. The Morgan fingerprint density at radius 3 is 2.58 bits per heavy atom. The lowest BCUT2D eigenvalue weighted by Crippen LogP contribution is -2.26. The van der Waals surface area contributed by atoms with Crippen LogP contribution in [0.3, 0.4) is 0 Å². The standard InChI is InChI=1S/C28H27N7O3/c1-4-6-21-17-35(26-22(18(2)36)7-5-8-25(26)38-3)28(37)34(21)16-19-9-11-20(12-10-19)24-15-29-14-13-23(24)27-30-32-33-31-27/h5,7-15,17H,4,6,16H2,1-3H3,(H,30,31,32,33). The number of aryl methyl sites for hydroxylation is 1. The van der Waals surface area contributed by atoms with E-state index in [1.807, 2.05) is 36.5 Å². The fraction of sp³-hybridized carbons (Fsp3) is 0.214. The lowest BCUT2D eigenvalue weighted by Gasteiger charge is -2.12. The number of tetrazole rings is 1. The number of imidazole rings is 1. The molecule has 2 aromatic carbocycles. The summed E-state index contributed by atoms with van der Waals surface area (Å²) in [5.74, 6) is 0.824. The number of Topliss-reactive ketones (excluding diaryl/α,β-unsaturated/α-hetero) is 1. The van der Waals surface area contributed by atoms with Crippen molar-refractivity contribution in [3.8, 4) is 34.0 Å². The predicted octanol–water partition coefficient (Wildman–Crippen LogP) is 4.09. The van der Waals surface area contributed by atoms with E-state index < -0.39 is 0 Å². The summed E-state index contributed by atoms with van der Waals surface area (Å²) in [5, 5.41) is 14.3. The van der Waals surface area contributed by atoms with E-state index in [9.17, 15) is 9.59 Å². The van der Waals surface area contributed by atoms with Crippen LogP contribution >= 0.6 is 0 Å². The number of ketones is 1. The van der Waals surface area contributed by atoms with E-state index in [1.165, 1.54) is 18.6 Å².